The maximum atomic E-state index is 12.8. The summed E-state index contributed by atoms with van der Waals surface area (Å²) in [6.07, 6.45) is 1.51. The van der Waals surface area contributed by atoms with E-state index in [0.717, 1.165) is 17.0 Å². The molecule has 1 aliphatic heterocycles. The molecule has 1 aromatic carbocycles. The van der Waals surface area contributed by atoms with Crippen molar-refractivity contribution in [3.63, 3.8) is 0 Å². The molecule has 0 atom stereocenters. The summed E-state index contributed by atoms with van der Waals surface area (Å²) in [5.41, 5.74) is 1.64. The van der Waals surface area contributed by atoms with Crippen molar-refractivity contribution < 1.29 is 13.2 Å². The lowest BCUT2D eigenvalue weighted by atomic mass is 10.1. The van der Waals surface area contributed by atoms with Gasteiger partial charge < -0.3 is 15.4 Å². The normalized spacial score (nSPS) is 15.9. The number of hydrogen-bond acceptors (Lipinski definition) is 6. The third-order valence-electron chi connectivity index (χ3n) is 4.79. The van der Waals surface area contributed by atoms with Crippen LogP contribution in [0.25, 0.3) is 0 Å². The molecular weight excluding hydrogens is 406 g/mol. The van der Waals surface area contributed by atoms with Crippen molar-refractivity contribution in [3.05, 3.63) is 47.5 Å². The molecule has 0 amide bonds. The van der Waals surface area contributed by atoms with Crippen LogP contribution >= 0.6 is 0 Å². The van der Waals surface area contributed by atoms with E-state index in [2.05, 4.69) is 25.7 Å². The highest BCUT2D eigenvalue weighted by Crippen LogP contribution is 2.17. The minimum absolute atomic E-state index is 0.0401. The van der Waals surface area contributed by atoms with Crippen LogP contribution in [0.3, 0.4) is 0 Å². The highest BCUT2D eigenvalue weighted by molar-refractivity contribution is 7.88. The zero-order chi connectivity index (χ0) is 21.4. The molecule has 11 heteroatoms. The van der Waals surface area contributed by atoms with Crippen molar-refractivity contribution in [3.8, 4) is 0 Å². The largest absolute Gasteiger partial charge is 0.379 e. The second-order valence-electron chi connectivity index (χ2n) is 6.88. The number of nitrogens with one attached hydrogen (secondary N) is 2. The zero-order valence-electron chi connectivity index (χ0n) is 17.4. The number of rotatable bonds is 8. The molecular formula is C19H29N7O3S. The number of morpholine rings is 1. The van der Waals surface area contributed by atoms with Crippen LogP contribution in [0.15, 0.2) is 35.6 Å². The minimum atomic E-state index is -3.40. The van der Waals surface area contributed by atoms with E-state index in [1.807, 2.05) is 38.2 Å². The molecule has 1 fully saturated rings. The van der Waals surface area contributed by atoms with Crippen LogP contribution in [0.1, 0.15) is 23.9 Å². The van der Waals surface area contributed by atoms with Crippen LogP contribution in [-0.4, -0.2) is 66.3 Å². The summed E-state index contributed by atoms with van der Waals surface area (Å²) < 4.78 is 34.1. The topological polar surface area (TPSA) is 114 Å². The molecule has 0 aliphatic carbocycles. The summed E-state index contributed by atoms with van der Waals surface area (Å²) in [6.45, 7) is 5.22. The quantitative estimate of drug-likeness (QED) is 0.451. The second kappa shape index (κ2) is 10.5. The van der Waals surface area contributed by atoms with Crippen LogP contribution in [0.5, 0.6) is 0 Å². The predicted molar refractivity (Wildman–Crippen MR) is 114 cm³/mol. The van der Waals surface area contributed by atoms with Gasteiger partial charge in [0.2, 0.25) is 10.0 Å². The van der Waals surface area contributed by atoms with E-state index >= 15 is 0 Å². The fraction of sp³-hybridized carbons (Fsp3) is 0.526. The zero-order valence-corrected chi connectivity index (χ0v) is 18.2. The van der Waals surface area contributed by atoms with Crippen LogP contribution in [-0.2, 0) is 40.7 Å². The maximum absolute atomic E-state index is 12.8. The molecule has 0 saturated carbocycles. The third kappa shape index (κ3) is 6.00. The number of sulfonamides is 1. The lowest BCUT2D eigenvalue weighted by Gasteiger charge is -2.26. The van der Waals surface area contributed by atoms with Gasteiger partial charge in [0.25, 0.3) is 0 Å². The Balaban J connectivity index is 1.69. The summed E-state index contributed by atoms with van der Waals surface area (Å²) in [5, 5.41) is 10.5. The van der Waals surface area contributed by atoms with Crippen molar-refractivity contribution in [1.82, 2.24) is 29.7 Å². The number of aromatic nitrogens is 3. The van der Waals surface area contributed by atoms with Gasteiger partial charge in [-0.3, -0.25) is 4.68 Å². The van der Waals surface area contributed by atoms with Gasteiger partial charge in [-0.25, -0.2) is 18.4 Å². The predicted octanol–water partition coefficient (Wildman–Crippen LogP) is 0.232. The van der Waals surface area contributed by atoms with Gasteiger partial charge in [0.15, 0.2) is 5.96 Å². The fourth-order valence-electron chi connectivity index (χ4n) is 3.11. The van der Waals surface area contributed by atoms with Crippen LogP contribution in [0, 0.1) is 0 Å². The Morgan fingerprint density at radius 2 is 1.93 bits per heavy atom. The first-order valence-corrected chi connectivity index (χ1v) is 11.6. The maximum Gasteiger partial charge on any atom is 0.218 e. The highest BCUT2D eigenvalue weighted by Gasteiger charge is 2.25. The van der Waals surface area contributed by atoms with Gasteiger partial charge in [0.1, 0.15) is 12.2 Å². The lowest BCUT2D eigenvalue weighted by Crippen LogP contribution is -2.41. The molecule has 30 heavy (non-hydrogen) atoms. The smallest absolute Gasteiger partial charge is 0.218 e. The average molecular weight is 436 g/mol. The van der Waals surface area contributed by atoms with E-state index < -0.39 is 10.0 Å². The van der Waals surface area contributed by atoms with Crippen molar-refractivity contribution in [2.75, 3.05) is 32.8 Å². The molecule has 0 bridgehead atoms. The summed E-state index contributed by atoms with van der Waals surface area (Å²) in [6, 6.07) is 7.52. The number of benzene rings is 1. The van der Waals surface area contributed by atoms with E-state index in [4.69, 9.17) is 4.74 Å². The summed E-state index contributed by atoms with van der Waals surface area (Å²) >= 11 is 0. The Hall–Kier alpha value is -2.50. The third-order valence-corrected chi connectivity index (χ3v) is 6.62. The summed E-state index contributed by atoms with van der Waals surface area (Å²) in [5.74, 6) is 1.38. The molecule has 2 heterocycles. The first-order valence-electron chi connectivity index (χ1n) is 9.97. The van der Waals surface area contributed by atoms with Gasteiger partial charge >= 0.3 is 0 Å². The summed E-state index contributed by atoms with van der Waals surface area (Å²) in [4.78, 5) is 8.82. The van der Waals surface area contributed by atoms with E-state index in [1.165, 1.54) is 10.6 Å². The Kier molecular flexibility index (Phi) is 7.77. The minimum Gasteiger partial charge on any atom is -0.379 e. The lowest BCUT2D eigenvalue weighted by molar-refractivity contribution is 0.0729. The molecule has 0 unspecified atom stereocenters. The Morgan fingerprint density at radius 1 is 1.20 bits per heavy atom. The number of nitrogens with zero attached hydrogens (tertiary/aromatic N) is 5. The first kappa shape index (κ1) is 22.2. The van der Waals surface area contributed by atoms with E-state index in [0.29, 0.717) is 51.9 Å². The van der Waals surface area contributed by atoms with Crippen molar-refractivity contribution >= 4 is 16.0 Å². The fourth-order valence-corrected chi connectivity index (χ4v) is 4.68. The molecule has 10 nitrogen and oxygen atoms in total. The van der Waals surface area contributed by atoms with E-state index in [-0.39, 0.29) is 5.75 Å². The van der Waals surface area contributed by atoms with E-state index in [9.17, 15) is 8.42 Å². The molecule has 3 rings (SSSR count). The average Bonchev–Trinajstić information content (AvgIpc) is 3.16. The Bertz CT molecular complexity index is 953. The number of aliphatic imine (C=N–C) groups is 1. The molecule has 1 aromatic heterocycles. The van der Waals surface area contributed by atoms with Crippen molar-refractivity contribution in [2.45, 2.75) is 25.8 Å². The van der Waals surface area contributed by atoms with Crippen LogP contribution in [0.2, 0.25) is 0 Å². The molecule has 1 saturated heterocycles. The van der Waals surface area contributed by atoms with Gasteiger partial charge in [-0.1, -0.05) is 24.3 Å². The van der Waals surface area contributed by atoms with Crippen molar-refractivity contribution in [2.24, 2.45) is 12.0 Å². The van der Waals surface area contributed by atoms with Gasteiger partial charge in [0.05, 0.1) is 32.1 Å². The number of aryl methyl sites for hydroxylation is 1. The first-order chi connectivity index (χ1) is 14.5. The standard InChI is InChI=1S/C19H29N7O3S/c1-3-20-19(22-13-18-23-15-24-25(18)2)21-12-16-6-4-5-7-17(16)14-30(27,28)26-8-10-29-11-9-26/h4-7,15H,3,8-14H2,1-2H3,(H2,20,21,22). The Labute approximate surface area is 177 Å². The number of guanidine groups is 1. The van der Waals surface area contributed by atoms with Gasteiger partial charge in [0, 0.05) is 26.7 Å². The number of ether oxygens (including phenoxy) is 1. The number of hydrogen-bond donors (Lipinski definition) is 2. The van der Waals surface area contributed by atoms with Crippen LogP contribution in [0.4, 0.5) is 0 Å². The van der Waals surface area contributed by atoms with E-state index in [1.54, 1.807) is 4.68 Å². The molecule has 2 aromatic rings. The van der Waals surface area contributed by atoms with Gasteiger partial charge in [-0.15, -0.1) is 0 Å². The SMILES string of the molecule is CCNC(=NCc1ccccc1CS(=O)(=O)N1CCOCC1)NCc1ncnn1C. The molecule has 0 spiro atoms. The van der Waals surface area contributed by atoms with Gasteiger partial charge in [-0.05, 0) is 18.1 Å². The monoisotopic (exact) mass is 435 g/mol. The Morgan fingerprint density at radius 3 is 2.60 bits per heavy atom. The highest BCUT2D eigenvalue weighted by atomic mass is 32.2. The van der Waals surface area contributed by atoms with Crippen molar-refractivity contribution in [1.29, 1.82) is 0 Å². The summed E-state index contributed by atoms with van der Waals surface area (Å²) in [7, 11) is -1.56. The van der Waals surface area contributed by atoms with Gasteiger partial charge in [-0.2, -0.15) is 9.40 Å². The molecule has 0 radical (unpaired) electrons. The molecule has 2 N–H and O–H groups in total. The second-order valence-corrected chi connectivity index (χ2v) is 8.85. The molecule has 1 aliphatic rings. The molecule has 164 valence electrons. The van der Waals surface area contributed by atoms with Crippen LogP contribution < -0.4 is 10.6 Å².